The Bertz CT molecular complexity index is 780. The van der Waals surface area contributed by atoms with E-state index < -0.39 is 5.82 Å². The van der Waals surface area contributed by atoms with E-state index in [4.69, 9.17) is 14.2 Å². The molecular weight excluding hydrogens is 337 g/mol. The van der Waals surface area contributed by atoms with E-state index in [1.807, 2.05) is 25.1 Å². The summed E-state index contributed by atoms with van der Waals surface area (Å²) in [4.78, 5) is 14.1. The molecule has 0 radical (unpaired) electrons. The van der Waals surface area contributed by atoms with E-state index in [1.165, 1.54) is 12.1 Å². The summed E-state index contributed by atoms with van der Waals surface area (Å²) >= 11 is 0. The van der Waals surface area contributed by atoms with Crippen LogP contribution in [-0.2, 0) is 4.74 Å². The van der Waals surface area contributed by atoms with Crippen LogP contribution in [0.4, 0.5) is 4.39 Å². The van der Waals surface area contributed by atoms with Gasteiger partial charge in [0.1, 0.15) is 18.5 Å². The zero-order valence-electron chi connectivity index (χ0n) is 14.9. The molecule has 0 saturated carbocycles. The first-order valence-corrected chi connectivity index (χ1v) is 8.51. The molecule has 1 unspecified atom stereocenters. The molecule has 0 aromatic heterocycles. The minimum Gasteiger partial charge on any atom is -0.493 e. The van der Waals surface area contributed by atoms with E-state index in [9.17, 15) is 9.18 Å². The number of morpholine rings is 1. The van der Waals surface area contributed by atoms with E-state index in [-0.39, 0.29) is 24.2 Å². The zero-order valence-corrected chi connectivity index (χ0v) is 14.9. The first-order chi connectivity index (χ1) is 12.6. The third-order valence-electron chi connectivity index (χ3n) is 4.27. The van der Waals surface area contributed by atoms with Gasteiger partial charge in [-0.05, 0) is 36.8 Å². The number of carbonyl (C=O) groups excluding carboxylic acids is 1. The van der Waals surface area contributed by atoms with Gasteiger partial charge in [-0.3, -0.25) is 4.79 Å². The number of rotatable bonds is 5. The van der Waals surface area contributed by atoms with Gasteiger partial charge in [-0.2, -0.15) is 0 Å². The lowest BCUT2D eigenvalue weighted by atomic mass is 10.1. The van der Waals surface area contributed by atoms with Crippen molar-refractivity contribution in [2.75, 3.05) is 33.4 Å². The fourth-order valence-corrected chi connectivity index (χ4v) is 2.89. The van der Waals surface area contributed by atoms with Crippen molar-refractivity contribution < 1.29 is 23.4 Å². The first kappa shape index (κ1) is 18.2. The Morgan fingerprint density at radius 1 is 1.27 bits per heavy atom. The molecule has 1 aliphatic heterocycles. The van der Waals surface area contributed by atoms with Gasteiger partial charge in [-0.15, -0.1) is 0 Å². The largest absolute Gasteiger partial charge is 0.493 e. The lowest BCUT2D eigenvalue weighted by Crippen LogP contribution is -2.47. The molecule has 1 fully saturated rings. The summed E-state index contributed by atoms with van der Waals surface area (Å²) in [5.41, 5.74) is 1.15. The Morgan fingerprint density at radius 3 is 2.85 bits per heavy atom. The number of benzene rings is 2. The van der Waals surface area contributed by atoms with E-state index in [2.05, 4.69) is 0 Å². The molecular formula is C20H22FNO4. The second-order valence-electron chi connectivity index (χ2n) is 6.19. The van der Waals surface area contributed by atoms with Gasteiger partial charge in [-0.25, -0.2) is 4.39 Å². The molecule has 138 valence electrons. The van der Waals surface area contributed by atoms with Crippen molar-refractivity contribution in [3.63, 3.8) is 0 Å². The van der Waals surface area contributed by atoms with Gasteiger partial charge in [0.2, 0.25) is 0 Å². The van der Waals surface area contributed by atoms with Crippen molar-refractivity contribution in [1.29, 1.82) is 0 Å². The normalized spacial score (nSPS) is 17.0. The molecule has 2 aromatic rings. The van der Waals surface area contributed by atoms with Crippen LogP contribution in [-0.4, -0.2) is 50.3 Å². The third-order valence-corrected chi connectivity index (χ3v) is 4.27. The van der Waals surface area contributed by atoms with E-state index >= 15 is 0 Å². The molecule has 0 aliphatic carbocycles. The van der Waals surface area contributed by atoms with Crippen LogP contribution in [0.25, 0.3) is 0 Å². The van der Waals surface area contributed by atoms with Crippen LogP contribution < -0.4 is 9.47 Å². The molecule has 3 rings (SSSR count). The van der Waals surface area contributed by atoms with Crippen molar-refractivity contribution in [1.82, 2.24) is 4.90 Å². The van der Waals surface area contributed by atoms with Gasteiger partial charge in [0.25, 0.3) is 5.91 Å². The summed E-state index contributed by atoms with van der Waals surface area (Å²) < 4.78 is 30.7. The minimum absolute atomic E-state index is 0.0780. The number of methoxy groups -OCH3 is 1. The SMILES string of the molecule is COc1cc(C)ccc1OCC1CN(C(=O)c2ccccc2F)CCO1. The maximum absolute atomic E-state index is 13.9. The predicted octanol–water partition coefficient (Wildman–Crippen LogP) is 3.06. The van der Waals surface area contributed by atoms with Crippen molar-refractivity contribution in [3.05, 3.63) is 59.4 Å². The molecule has 1 atom stereocenters. The fourth-order valence-electron chi connectivity index (χ4n) is 2.89. The van der Waals surface area contributed by atoms with Crippen molar-refractivity contribution in [2.24, 2.45) is 0 Å². The summed E-state index contributed by atoms with van der Waals surface area (Å²) in [6.07, 6.45) is -0.287. The highest BCUT2D eigenvalue weighted by molar-refractivity contribution is 5.94. The van der Waals surface area contributed by atoms with E-state index in [1.54, 1.807) is 24.1 Å². The summed E-state index contributed by atoms with van der Waals surface area (Å²) in [6, 6.07) is 11.7. The Kier molecular flexibility index (Phi) is 5.73. The molecule has 0 spiro atoms. The molecule has 1 aliphatic rings. The third kappa shape index (κ3) is 4.14. The van der Waals surface area contributed by atoms with Crippen LogP contribution >= 0.6 is 0 Å². The molecule has 26 heavy (non-hydrogen) atoms. The van der Waals surface area contributed by atoms with Gasteiger partial charge in [0.05, 0.1) is 25.8 Å². The first-order valence-electron chi connectivity index (χ1n) is 8.51. The number of nitrogens with zero attached hydrogens (tertiary/aromatic N) is 1. The Hall–Kier alpha value is -2.60. The number of ether oxygens (including phenoxy) is 3. The molecule has 1 heterocycles. The highest BCUT2D eigenvalue weighted by Crippen LogP contribution is 2.28. The summed E-state index contributed by atoms with van der Waals surface area (Å²) in [7, 11) is 1.59. The maximum atomic E-state index is 13.9. The quantitative estimate of drug-likeness (QED) is 0.823. The number of halogens is 1. The monoisotopic (exact) mass is 359 g/mol. The van der Waals surface area contributed by atoms with Crippen molar-refractivity contribution >= 4 is 5.91 Å². The van der Waals surface area contributed by atoms with Crippen LogP contribution in [0.3, 0.4) is 0 Å². The van der Waals surface area contributed by atoms with Crippen LogP contribution in [0.5, 0.6) is 11.5 Å². The maximum Gasteiger partial charge on any atom is 0.256 e. The van der Waals surface area contributed by atoms with Crippen LogP contribution in [0.1, 0.15) is 15.9 Å². The second kappa shape index (κ2) is 8.19. The standard InChI is InChI=1S/C20H22FNO4/c1-14-7-8-18(19(11-14)24-2)26-13-15-12-22(9-10-25-15)20(23)16-5-3-4-6-17(16)21/h3-8,11,15H,9-10,12-13H2,1-2H3. The lowest BCUT2D eigenvalue weighted by Gasteiger charge is -2.33. The number of hydrogen-bond acceptors (Lipinski definition) is 4. The summed E-state index contributed by atoms with van der Waals surface area (Å²) in [5, 5.41) is 0. The molecule has 0 bridgehead atoms. The van der Waals surface area contributed by atoms with E-state index in [0.717, 1.165) is 5.56 Å². The Morgan fingerprint density at radius 2 is 2.08 bits per heavy atom. The van der Waals surface area contributed by atoms with Crippen molar-refractivity contribution in [3.8, 4) is 11.5 Å². The zero-order chi connectivity index (χ0) is 18.5. The van der Waals surface area contributed by atoms with Gasteiger partial charge in [0.15, 0.2) is 11.5 Å². The van der Waals surface area contributed by atoms with Crippen LogP contribution in [0.2, 0.25) is 0 Å². The number of hydrogen-bond donors (Lipinski definition) is 0. The molecule has 2 aromatic carbocycles. The van der Waals surface area contributed by atoms with E-state index in [0.29, 0.717) is 31.2 Å². The topological polar surface area (TPSA) is 48.0 Å². The summed E-state index contributed by atoms with van der Waals surface area (Å²) in [5.74, 6) is 0.435. The average Bonchev–Trinajstić information content (AvgIpc) is 2.67. The lowest BCUT2D eigenvalue weighted by molar-refractivity contribution is -0.0404. The van der Waals surface area contributed by atoms with Gasteiger partial charge in [0, 0.05) is 6.54 Å². The fraction of sp³-hybridized carbons (Fsp3) is 0.350. The number of amides is 1. The number of aryl methyl sites for hydroxylation is 1. The average molecular weight is 359 g/mol. The molecule has 0 N–H and O–H groups in total. The molecule has 6 heteroatoms. The van der Waals surface area contributed by atoms with Crippen LogP contribution in [0.15, 0.2) is 42.5 Å². The highest BCUT2D eigenvalue weighted by atomic mass is 19.1. The predicted molar refractivity (Wildman–Crippen MR) is 95.3 cm³/mol. The Labute approximate surface area is 152 Å². The molecule has 1 amide bonds. The second-order valence-corrected chi connectivity index (χ2v) is 6.19. The smallest absolute Gasteiger partial charge is 0.256 e. The number of carbonyl (C=O) groups is 1. The van der Waals surface area contributed by atoms with Crippen LogP contribution in [0, 0.1) is 12.7 Å². The Balaban J connectivity index is 1.62. The van der Waals surface area contributed by atoms with Gasteiger partial charge < -0.3 is 19.1 Å². The highest BCUT2D eigenvalue weighted by Gasteiger charge is 2.27. The molecule has 5 nitrogen and oxygen atoms in total. The van der Waals surface area contributed by atoms with Gasteiger partial charge in [-0.1, -0.05) is 18.2 Å². The molecule has 1 saturated heterocycles. The summed E-state index contributed by atoms with van der Waals surface area (Å²) in [6.45, 7) is 3.42. The van der Waals surface area contributed by atoms with Crippen molar-refractivity contribution in [2.45, 2.75) is 13.0 Å². The minimum atomic E-state index is -0.513. The van der Waals surface area contributed by atoms with Gasteiger partial charge >= 0.3 is 0 Å².